The first-order chi connectivity index (χ1) is 12.6. The van der Waals surface area contributed by atoms with Crippen molar-refractivity contribution in [2.75, 3.05) is 23.9 Å². The third kappa shape index (κ3) is 2.83. The predicted molar refractivity (Wildman–Crippen MR) is 97.3 cm³/mol. The second-order valence-corrected chi connectivity index (χ2v) is 6.84. The van der Waals surface area contributed by atoms with Crippen molar-refractivity contribution in [3.05, 3.63) is 35.5 Å². The molecule has 0 spiro atoms. The Labute approximate surface area is 151 Å². The molecule has 2 heterocycles. The zero-order valence-corrected chi connectivity index (χ0v) is 15.0. The highest BCUT2D eigenvalue weighted by Crippen LogP contribution is 2.30. The number of aryl methyl sites for hydroxylation is 2. The van der Waals surface area contributed by atoms with Gasteiger partial charge in [0.05, 0.1) is 18.7 Å². The minimum Gasteiger partial charge on any atom is -0.497 e. The Morgan fingerprint density at radius 1 is 1.27 bits per heavy atom. The van der Waals surface area contributed by atoms with E-state index in [2.05, 4.69) is 10.4 Å². The number of nitrogens with zero attached hydrogens (tertiary/aromatic N) is 3. The second-order valence-electron chi connectivity index (χ2n) is 6.84. The van der Waals surface area contributed by atoms with Crippen molar-refractivity contribution in [1.82, 2.24) is 9.78 Å². The number of carbonyl (C=O) groups excluding carboxylic acids is 2. The van der Waals surface area contributed by atoms with Crippen LogP contribution in [-0.2, 0) is 29.5 Å². The lowest BCUT2D eigenvalue weighted by Crippen LogP contribution is -2.28. The fourth-order valence-corrected chi connectivity index (χ4v) is 3.79. The smallest absolute Gasteiger partial charge is 0.230 e. The Balaban J connectivity index is 1.47. The number of benzene rings is 1. The molecule has 1 saturated heterocycles. The van der Waals surface area contributed by atoms with Crippen molar-refractivity contribution in [3.63, 3.8) is 0 Å². The molecule has 1 aromatic heterocycles. The Hall–Kier alpha value is -2.83. The van der Waals surface area contributed by atoms with E-state index in [1.54, 1.807) is 16.7 Å². The highest BCUT2D eigenvalue weighted by molar-refractivity contribution is 6.03. The first-order valence-corrected chi connectivity index (χ1v) is 8.87. The van der Waals surface area contributed by atoms with Crippen LogP contribution in [0.3, 0.4) is 0 Å². The minimum absolute atomic E-state index is 0.0365. The molecule has 1 N–H and O–H groups in total. The lowest BCUT2D eigenvalue weighted by atomic mass is 10.1. The van der Waals surface area contributed by atoms with Crippen LogP contribution in [0.2, 0.25) is 0 Å². The number of ether oxygens (including phenoxy) is 1. The van der Waals surface area contributed by atoms with Crippen LogP contribution in [0.25, 0.3) is 0 Å². The number of rotatable bonds is 4. The second kappa shape index (κ2) is 6.48. The Kier molecular flexibility index (Phi) is 4.14. The molecule has 2 aromatic rings. The fourth-order valence-electron chi connectivity index (χ4n) is 3.79. The molecule has 0 bridgehead atoms. The van der Waals surface area contributed by atoms with E-state index >= 15 is 0 Å². The number of nitrogens with one attached hydrogen (secondary N) is 1. The van der Waals surface area contributed by atoms with Crippen LogP contribution in [0.15, 0.2) is 24.3 Å². The van der Waals surface area contributed by atoms with Crippen LogP contribution >= 0.6 is 0 Å². The molecule has 0 saturated carbocycles. The van der Waals surface area contributed by atoms with E-state index in [9.17, 15) is 9.59 Å². The number of carbonyl (C=O) groups is 2. The van der Waals surface area contributed by atoms with Crippen LogP contribution in [-0.4, -0.2) is 35.2 Å². The number of hydrogen-bond acceptors (Lipinski definition) is 4. The van der Waals surface area contributed by atoms with E-state index < -0.39 is 0 Å². The van der Waals surface area contributed by atoms with Crippen LogP contribution in [0, 0.1) is 5.92 Å². The summed E-state index contributed by atoms with van der Waals surface area (Å²) in [5.74, 6) is 0.992. The number of amides is 2. The third-order valence-electron chi connectivity index (χ3n) is 5.19. The van der Waals surface area contributed by atoms with Crippen molar-refractivity contribution in [1.29, 1.82) is 0 Å². The first kappa shape index (κ1) is 16.6. The normalized spacial score (nSPS) is 18.9. The lowest BCUT2D eigenvalue weighted by Gasteiger charge is -2.17. The topological polar surface area (TPSA) is 76.5 Å². The molecule has 2 aliphatic rings. The number of fused-ring (bicyclic) bond motifs is 1. The largest absolute Gasteiger partial charge is 0.497 e. The van der Waals surface area contributed by atoms with Gasteiger partial charge in [-0.3, -0.25) is 14.3 Å². The van der Waals surface area contributed by atoms with Crippen LogP contribution in [0.4, 0.5) is 11.5 Å². The van der Waals surface area contributed by atoms with Gasteiger partial charge < -0.3 is 15.0 Å². The van der Waals surface area contributed by atoms with E-state index in [0.29, 0.717) is 6.54 Å². The molecule has 1 aromatic carbocycles. The molecule has 7 heteroatoms. The summed E-state index contributed by atoms with van der Waals surface area (Å²) >= 11 is 0. The predicted octanol–water partition coefficient (Wildman–Crippen LogP) is 1.91. The van der Waals surface area contributed by atoms with Gasteiger partial charge >= 0.3 is 0 Å². The van der Waals surface area contributed by atoms with Gasteiger partial charge in [-0.15, -0.1) is 0 Å². The molecular formula is C19H22N4O3. The van der Waals surface area contributed by atoms with E-state index in [-0.39, 0.29) is 24.2 Å². The van der Waals surface area contributed by atoms with Gasteiger partial charge in [-0.2, -0.15) is 5.10 Å². The summed E-state index contributed by atoms with van der Waals surface area (Å²) in [5, 5.41) is 7.48. The number of anilines is 2. The summed E-state index contributed by atoms with van der Waals surface area (Å²) in [5.41, 5.74) is 3.00. The summed E-state index contributed by atoms with van der Waals surface area (Å²) < 4.78 is 6.88. The molecule has 2 amide bonds. The van der Waals surface area contributed by atoms with E-state index in [1.165, 1.54) is 0 Å². The summed E-state index contributed by atoms with van der Waals surface area (Å²) in [6.07, 6.45) is 3.21. The van der Waals surface area contributed by atoms with E-state index in [1.807, 2.05) is 31.3 Å². The van der Waals surface area contributed by atoms with E-state index in [0.717, 1.165) is 47.8 Å². The van der Waals surface area contributed by atoms with Gasteiger partial charge in [-0.1, -0.05) is 0 Å². The fraction of sp³-hybridized carbons (Fsp3) is 0.421. The van der Waals surface area contributed by atoms with Gasteiger partial charge in [-0.05, 0) is 43.5 Å². The van der Waals surface area contributed by atoms with Gasteiger partial charge in [0.1, 0.15) is 11.6 Å². The summed E-state index contributed by atoms with van der Waals surface area (Å²) in [6.45, 7) is 0.386. The molecule has 1 fully saturated rings. The standard InChI is InChI=1S/C19H22N4O3/c1-22-18(15-4-3-5-16(15)21-22)20-19(25)12-10-17(24)23(11-12)13-6-8-14(26-2)9-7-13/h6-9,12H,3-5,10-11H2,1-2H3,(H,20,25)/t12-/m0/s1. The van der Waals surface area contributed by atoms with Gasteiger partial charge in [0.25, 0.3) is 0 Å². The number of aromatic nitrogens is 2. The molecule has 0 unspecified atom stereocenters. The zero-order valence-electron chi connectivity index (χ0n) is 15.0. The van der Waals surface area contributed by atoms with Crippen LogP contribution < -0.4 is 15.0 Å². The van der Waals surface area contributed by atoms with Crippen molar-refractivity contribution in [2.24, 2.45) is 13.0 Å². The number of hydrogen-bond donors (Lipinski definition) is 1. The minimum atomic E-state index is -0.364. The third-order valence-corrected chi connectivity index (χ3v) is 5.19. The Bertz CT molecular complexity index is 856. The molecule has 7 nitrogen and oxygen atoms in total. The molecule has 1 aliphatic carbocycles. The summed E-state index contributed by atoms with van der Waals surface area (Å²) in [6, 6.07) is 7.31. The summed E-state index contributed by atoms with van der Waals surface area (Å²) in [7, 11) is 3.45. The Morgan fingerprint density at radius 2 is 2.04 bits per heavy atom. The monoisotopic (exact) mass is 354 g/mol. The molecule has 1 atom stereocenters. The average Bonchev–Trinajstić information content (AvgIpc) is 3.32. The maximum absolute atomic E-state index is 12.7. The first-order valence-electron chi connectivity index (χ1n) is 8.87. The summed E-state index contributed by atoms with van der Waals surface area (Å²) in [4.78, 5) is 26.8. The highest BCUT2D eigenvalue weighted by atomic mass is 16.5. The zero-order chi connectivity index (χ0) is 18.3. The molecule has 1 aliphatic heterocycles. The van der Waals surface area contributed by atoms with Gasteiger partial charge in [0.15, 0.2) is 0 Å². The molecule has 136 valence electrons. The highest BCUT2D eigenvalue weighted by Gasteiger charge is 2.36. The Morgan fingerprint density at radius 3 is 2.77 bits per heavy atom. The SMILES string of the molecule is COc1ccc(N2C[C@@H](C(=O)Nc3c4c(nn3C)CCC4)CC2=O)cc1. The maximum atomic E-state index is 12.7. The van der Waals surface area contributed by atoms with Crippen LogP contribution in [0.1, 0.15) is 24.1 Å². The number of methoxy groups -OCH3 is 1. The van der Waals surface area contributed by atoms with E-state index in [4.69, 9.17) is 4.74 Å². The average molecular weight is 354 g/mol. The molecular weight excluding hydrogens is 332 g/mol. The van der Waals surface area contributed by atoms with Crippen LogP contribution in [0.5, 0.6) is 5.75 Å². The molecule has 0 radical (unpaired) electrons. The van der Waals surface area contributed by atoms with Crippen molar-refractivity contribution < 1.29 is 14.3 Å². The molecule has 4 rings (SSSR count). The maximum Gasteiger partial charge on any atom is 0.230 e. The van der Waals surface area contributed by atoms with Gasteiger partial charge in [0.2, 0.25) is 11.8 Å². The van der Waals surface area contributed by atoms with Crippen molar-refractivity contribution >= 4 is 23.3 Å². The van der Waals surface area contributed by atoms with Gasteiger partial charge in [-0.25, -0.2) is 0 Å². The quantitative estimate of drug-likeness (QED) is 0.910. The van der Waals surface area contributed by atoms with Crippen molar-refractivity contribution in [3.8, 4) is 5.75 Å². The molecule has 26 heavy (non-hydrogen) atoms. The van der Waals surface area contributed by atoms with Crippen molar-refractivity contribution in [2.45, 2.75) is 25.7 Å². The van der Waals surface area contributed by atoms with Gasteiger partial charge in [0, 0.05) is 31.3 Å². The lowest BCUT2D eigenvalue weighted by molar-refractivity contribution is -0.122.